The third kappa shape index (κ3) is 4.74. The van der Waals surface area contributed by atoms with Crippen LogP contribution in [0.25, 0.3) is 0 Å². The summed E-state index contributed by atoms with van der Waals surface area (Å²) in [5, 5.41) is 2.88. The van der Waals surface area contributed by atoms with Gasteiger partial charge in [0.15, 0.2) is 6.61 Å². The number of carbonyl (C=O) groups is 2. The minimum atomic E-state index is -0.343. The van der Waals surface area contributed by atoms with Crippen molar-refractivity contribution in [1.29, 1.82) is 0 Å². The van der Waals surface area contributed by atoms with Gasteiger partial charge in [-0.05, 0) is 68.2 Å². The van der Waals surface area contributed by atoms with Crippen LogP contribution in [0.15, 0.2) is 23.1 Å². The van der Waals surface area contributed by atoms with Gasteiger partial charge in [-0.2, -0.15) is 0 Å². The van der Waals surface area contributed by atoms with E-state index in [1.165, 1.54) is 42.2 Å². The largest absolute Gasteiger partial charge is 0.455 e. The summed E-state index contributed by atoms with van der Waals surface area (Å²) in [4.78, 5) is 24.6. The third-order valence-corrected chi connectivity index (χ3v) is 5.48. The number of fused-ring (bicyclic) bond motifs is 1. The van der Waals surface area contributed by atoms with Gasteiger partial charge in [-0.3, -0.25) is 9.59 Å². The van der Waals surface area contributed by atoms with Gasteiger partial charge in [0.2, 0.25) is 0 Å². The molecule has 1 atom stereocenters. The van der Waals surface area contributed by atoms with Crippen molar-refractivity contribution in [3.63, 3.8) is 0 Å². The minimum Gasteiger partial charge on any atom is -0.455 e. The second kappa shape index (κ2) is 7.39. The molecule has 0 saturated heterocycles. The first-order valence-corrected chi connectivity index (χ1v) is 9.30. The van der Waals surface area contributed by atoms with E-state index in [2.05, 4.69) is 23.5 Å². The minimum absolute atomic E-state index is 0.180. The Morgan fingerprint density at radius 2 is 2.09 bits per heavy atom. The van der Waals surface area contributed by atoms with Gasteiger partial charge < -0.3 is 10.1 Å². The standard InChI is InChI=1S/C18H23NO3S/c1-12(13-5-6-13)19-17(20)10-22-18(21)11-23-16-8-7-14-3-2-4-15(14)9-16/h7-9,12-13H,2-6,10-11H2,1H3,(H,19,20)/t12-/m1/s1. The fraction of sp³-hybridized carbons (Fsp3) is 0.556. The molecule has 3 rings (SSSR count). The Morgan fingerprint density at radius 1 is 1.30 bits per heavy atom. The number of hydrogen-bond donors (Lipinski definition) is 1. The number of ether oxygens (including phenoxy) is 1. The van der Waals surface area contributed by atoms with Gasteiger partial charge >= 0.3 is 5.97 Å². The summed E-state index contributed by atoms with van der Waals surface area (Å²) in [6.07, 6.45) is 5.88. The molecule has 1 aromatic carbocycles. The Bertz CT molecular complexity index is 598. The molecule has 23 heavy (non-hydrogen) atoms. The van der Waals surface area contributed by atoms with Crippen LogP contribution in [-0.2, 0) is 27.2 Å². The number of rotatable bonds is 7. The summed E-state index contributed by atoms with van der Waals surface area (Å²) in [5.41, 5.74) is 2.83. The molecule has 1 N–H and O–H groups in total. The smallest absolute Gasteiger partial charge is 0.316 e. The number of carbonyl (C=O) groups excluding carboxylic acids is 2. The Kier molecular flexibility index (Phi) is 5.26. The predicted octanol–water partition coefficient (Wildman–Crippen LogP) is 2.73. The normalized spacial score (nSPS) is 17.4. The van der Waals surface area contributed by atoms with Crippen molar-refractivity contribution in [3.8, 4) is 0 Å². The molecule has 0 aliphatic heterocycles. The maximum Gasteiger partial charge on any atom is 0.316 e. The van der Waals surface area contributed by atoms with E-state index in [0.717, 1.165) is 17.7 Å². The van der Waals surface area contributed by atoms with Crippen LogP contribution in [0.5, 0.6) is 0 Å². The van der Waals surface area contributed by atoms with Crippen molar-refractivity contribution in [2.24, 2.45) is 5.92 Å². The summed E-state index contributed by atoms with van der Waals surface area (Å²) in [5.74, 6) is 0.291. The highest BCUT2D eigenvalue weighted by molar-refractivity contribution is 8.00. The van der Waals surface area contributed by atoms with Crippen molar-refractivity contribution >= 4 is 23.6 Å². The van der Waals surface area contributed by atoms with Gasteiger partial charge in [0.1, 0.15) is 0 Å². The average molecular weight is 333 g/mol. The fourth-order valence-corrected chi connectivity index (χ4v) is 3.74. The van der Waals surface area contributed by atoms with Gasteiger partial charge in [-0.1, -0.05) is 6.07 Å². The van der Waals surface area contributed by atoms with Crippen LogP contribution < -0.4 is 5.32 Å². The molecule has 4 nitrogen and oxygen atoms in total. The number of amides is 1. The van der Waals surface area contributed by atoms with Gasteiger partial charge in [0.05, 0.1) is 5.75 Å². The molecular weight excluding hydrogens is 310 g/mol. The molecule has 1 fully saturated rings. The maximum atomic E-state index is 11.8. The van der Waals surface area contributed by atoms with Gasteiger partial charge in [0.25, 0.3) is 5.91 Å². The van der Waals surface area contributed by atoms with Crippen LogP contribution in [0, 0.1) is 5.92 Å². The Labute approximate surface area is 141 Å². The first-order valence-electron chi connectivity index (χ1n) is 8.31. The number of aryl methyl sites for hydroxylation is 2. The van der Waals surface area contributed by atoms with E-state index in [-0.39, 0.29) is 30.3 Å². The first-order chi connectivity index (χ1) is 11.1. The quantitative estimate of drug-likeness (QED) is 0.616. The molecule has 0 heterocycles. The van der Waals surface area contributed by atoms with E-state index in [9.17, 15) is 9.59 Å². The van der Waals surface area contributed by atoms with Crippen LogP contribution in [0.3, 0.4) is 0 Å². The van der Waals surface area contributed by atoms with Crippen LogP contribution in [0.2, 0.25) is 0 Å². The van der Waals surface area contributed by atoms with Gasteiger partial charge in [-0.25, -0.2) is 0 Å². The molecule has 124 valence electrons. The number of nitrogens with one attached hydrogen (secondary N) is 1. The zero-order chi connectivity index (χ0) is 16.2. The van der Waals surface area contributed by atoms with Crippen molar-refractivity contribution in [1.82, 2.24) is 5.32 Å². The zero-order valence-electron chi connectivity index (χ0n) is 13.5. The highest BCUT2D eigenvalue weighted by Crippen LogP contribution is 2.32. The molecule has 2 aliphatic rings. The summed E-state index contributed by atoms with van der Waals surface area (Å²) in [7, 11) is 0. The molecular formula is C18H23NO3S. The first kappa shape index (κ1) is 16.4. The number of hydrogen-bond acceptors (Lipinski definition) is 4. The summed E-state index contributed by atoms with van der Waals surface area (Å²) in [6.45, 7) is 1.82. The van der Waals surface area contributed by atoms with E-state index in [4.69, 9.17) is 4.74 Å². The molecule has 0 spiro atoms. The molecule has 5 heteroatoms. The zero-order valence-corrected chi connectivity index (χ0v) is 14.3. The van der Waals surface area contributed by atoms with Crippen LogP contribution in [0.1, 0.15) is 37.3 Å². The fourth-order valence-electron chi connectivity index (χ4n) is 2.98. The van der Waals surface area contributed by atoms with E-state index in [0.29, 0.717) is 5.92 Å². The molecule has 2 aliphatic carbocycles. The molecule has 0 unspecified atom stereocenters. The van der Waals surface area contributed by atoms with E-state index < -0.39 is 0 Å². The van der Waals surface area contributed by atoms with Crippen molar-refractivity contribution in [3.05, 3.63) is 29.3 Å². The topological polar surface area (TPSA) is 55.4 Å². The van der Waals surface area contributed by atoms with Crippen LogP contribution in [0.4, 0.5) is 0 Å². The number of benzene rings is 1. The van der Waals surface area contributed by atoms with E-state index >= 15 is 0 Å². The SMILES string of the molecule is C[C@@H](NC(=O)COC(=O)CSc1ccc2c(c1)CCC2)C1CC1. The number of thioether (sulfide) groups is 1. The second-order valence-corrected chi connectivity index (χ2v) is 7.48. The van der Waals surface area contributed by atoms with Crippen molar-refractivity contribution in [2.45, 2.75) is 50.0 Å². The molecule has 1 amide bonds. The number of esters is 1. The van der Waals surface area contributed by atoms with E-state index in [1.54, 1.807) is 0 Å². The highest BCUT2D eigenvalue weighted by Gasteiger charge is 2.28. The van der Waals surface area contributed by atoms with Crippen molar-refractivity contribution < 1.29 is 14.3 Å². The van der Waals surface area contributed by atoms with Crippen molar-refractivity contribution in [2.75, 3.05) is 12.4 Å². The maximum absolute atomic E-state index is 11.8. The molecule has 1 aromatic rings. The van der Waals surface area contributed by atoms with Crippen LogP contribution >= 0.6 is 11.8 Å². The summed E-state index contributed by atoms with van der Waals surface area (Å²) < 4.78 is 5.05. The molecule has 0 radical (unpaired) electrons. The Balaban J connectivity index is 1.36. The summed E-state index contributed by atoms with van der Waals surface area (Å²) >= 11 is 1.47. The Hall–Kier alpha value is -1.49. The van der Waals surface area contributed by atoms with E-state index in [1.807, 2.05) is 6.92 Å². The molecule has 0 aromatic heterocycles. The average Bonchev–Trinajstić information content (AvgIpc) is 3.29. The molecule has 0 bridgehead atoms. The van der Waals surface area contributed by atoms with Gasteiger partial charge in [-0.15, -0.1) is 11.8 Å². The summed E-state index contributed by atoms with van der Waals surface area (Å²) in [6, 6.07) is 6.57. The third-order valence-electron chi connectivity index (χ3n) is 4.51. The lowest BCUT2D eigenvalue weighted by atomic mass is 10.1. The lowest BCUT2D eigenvalue weighted by Gasteiger charge is -2.12. The predicted molar refractivity (Wildman–Crippen MR) is 90.5 cm³/mol. The lowest BCUT2D eigenvalue weighted by molar-refractivity contribution is -0.146. The highest BCUT2D eigenvalue weighted by atomic mass is 32.2. The lowest BCUT2D eigenvalue weighted by Crippen LogP contribution is -2.37. The van der Waals surface area contributed by atoms with Crippen LogP contribution in [-0.4, -0.2) is 30.3 Å². The molecule has 1 saturated carbocycles. The second-order valence-electron chi connectivity index (χ2n) is 6.43. The monoisotopic (exact) mass is 333 g/mol. The Morgan fingerprint density at radius 3 is 2.87 bits per heavy atom. The van der Waals surface area contributed by atoms with Gasteiger partial charge in [0, 0.05) is 10.9 Å².